The zero-order chi connectivity index (χ0) is 14.6. The molecule has 1 fully saturated rings. The molecule has 0 spiro atoms. The van der Waals surface area contributed by atoms with Crippen LogP contribution < -0.4 is 5.32 Å². The molecule has 1 aliphatic rings. The van der Waals surface area contributed by atoms with Crippen molar-refractivity contribution < 1.29 is 9.90 Å². The van der Waals surface area contributed by atoms with Gasteiger partial charge in [-0.25, -0.2) is 0 Å². The molecule has 1 aromatic rings. The number of rotatable bonds is 4. The van der Waals surface area contributed by atoms with E-state index in [1.54, 1.807) is 0 Å². The summed E-state index contributed by atoms with van der Waals surface area (Å²) in [6.45, 7) is 5.90. The monoisotopic (exact) mass is 276 g/mol. The van der Waals surface area contributed by atoms with E-state index in [1.807, 2.05) is 25.1 Å². The summed E-state index contributed by atoms with van der Waals surface area (Å²) in [4.78, 5) is 14.1. The van der Waals surface area contributed by atoms with Crippen LogP contribution in [0.4, 0.5) is 5.69 Å². The lowest BCUT2D eigenvalue weighted by atomic mass is 9.94. The highest BCUT2D eigenvalue weighted by Gasteiger charge is 2.27. The molecule has 0 aromatic heterocycles. The van der Waals surface area contributed by atoms with Crippen LogP contribution in [0.2, 0.25) is 0 Å². The molecule has 0 radical (unpaired) electrons. The Hall–Kier alpha value is -1.39. The summed E-state index contributed by atoms with van der Waals surface area (Å²) in [7, 11) is 0. The molecule has 20 heavy (non-hydrogen) atoms. The fourth-order valence-electron chi connectivity index (χ4n) is 2.47. The van der Waals surface area contributed by atoms with E-state index >= 15 is 0 Å². The molecule has 2 rings (SSSR count). The first-order valence-corrected chi connectivity index (χ1v) is 7.32. The third-order valence-electron chi connectivity index (χ3n) is 3.92. The van der Waals surface area contributed by atoms with E-state index in [0.717, 1.165) is 38.0 Å². The molecule has 1 heterocycles. The van der Waals surface area contributed by atoms with Crippen molar-refractivity contribution >= 4 is 11.6 Å². The second-order valence-electron chi connectivity index (χ2n) is 5.88. The van der Waals surface area contributed by atoms with Crippen molar-refractivity contribution in [2.24, 2.45) is 0 Å². The minimum Gasteiger partial charge on any atom is -0.390 e. The summed E-state index contributed by atoms with van der Waals surface area (Å²) in [5, 5.41) is 12.8. The Kier molecular flexibility index (Phi) is 4.78. The largest absolute Gasteiger partial charge is 0.390 e. The molecule has 1 saturated heterocycles. The van der Waals surface area contributed by atoms with Crippen LogP contribution in [-0.4, -0.2) is 41.1 Å². The van der Waals surface area contributed by atoms with Gasteiger partial charge in [-0.05, 0) is 43.9 Å². The zero-order valence-corrected chi connectivity index (χ0v) is 12.4. The highest BCUT2D eigenvalue weighted by Crippen LogP contribution is 2.20. The summed E-state index contributed by atoms with van der Waals surface area (Å²) in [5.74, 6) is 0.0137. The summed E-state index contributed by atoms with van der Waals surface area (Å²) in [6, 6.07) is 7.95. The van der Waals surface area contributed by atoms with E-state index < -0.39 is 5.60 Å². The maximum Gasteiger partial charge on any atom is 0.238 e. The van der Waals surface area contributed by atoms with E-state index in [0.29, 0.717) is 6.54 Å². The van der Waals surface area contributed by atoms with Crippen molar-refractivity contribution in [2.45, 2.75) is 38.7 Å². The number of nitrogens with zero attached hydrogens (tertiary/aromatic N) is 1. The number of nitrogens with one attached hydrogen (secondary N) is 1. The number of piperidine rings is 1. The lowest BCUT2D eigenvalue weighted by Crippen LogP contribution is -2.45. The van der Waals surface area contributed by atoms with Gasteiger partial charge in [0.1, 0.15) is 0 Å². The molecule has 1 aromatic carbocycles. The van der Waals surface area contributed by atoms with Crippen LogP contribution in [-0.2, 0) is 11.2 Å². The Bertz CT molecular complexity index is 461. The van der Waals surface area contributed by atoms with Crippen LogP contribution in [0.3, 0.4) is 0 Å². The Morgan fingerprint density at radius 1 is 1.40 bits per heavy atom. The van der Waals surface area contributed by atoms with E-state index in [9.17, 15) is 9.90 Å². The molecule has 2 N–H and O–H groups in total. The molecule has 0 aliphatic carbocycles. The first-order valence-electron chi connectivity index (χ1n) is 7.32. The number of hydrogen-bond acceptors (Lipinski definition) is 3. The van der Waals surface area contributed by atoms with Crippen molar-refractivity contribution in [2.75, 3.05) is 25.0 Å². The van der Waals surface area contributed by atoms with Crippen LogP contribution in [0.1, 0.15) is 32.3 Å². The van der Waals surface area contributed by atoms with Gasteiger partial charge < -0.3 is 10.4 Å². The first kappa shape index (κ1) is 15.0. The number of benzene rings is 1. The van der Waals surface area contributed by atoms with Crippen LogP contribution in [0, 0.1) is 0 Å². The van der Waals surface area contributed by atoms with Crippen molar-refractivity contribution in [3.05, 3.63) is 29.8 Å². The van der Waals surface area contributed by atoms with Crippen molar-refractivity contribution in [1.82, 2.24) is 4.90 Å². The average Bonchev–Trinajstić information content (AvgIpc) is 2.41. The van der Waals surface area contributed by atoms with Gasteiger partial charge in [0.25, 0.3) is 0 Å². The molecule has 4 heteroatoms. The summed E-state index contributed by atoms with van der Waals surface area (Å²) in [5.41, 5.74) is 1.51. The van der Waals surface area contributed by atoms with Gasteiger partial charge >= 0.3 is 0 Å². The third kappa shape index (κ3) is 4.32. The standard InChI is InChI=1S/C16H24N2O2/c1-3-13-5-4-6-14(11-13)17-15(19)12-18-9-7-16(2,20)8-10-18/h4-6,11,20H,3,7-10,12H2,1-2H3,(H,17,19). The highest BCUT2D eigenvalue weighted by atomic mass is 16.3. The van der Waals surface area contributed by atoms with Gasteiger partial charge in [-0.2, -0.15) is 0 Å². The predicted molar refractivity (Wildman–Crippen MR) is 80.7 cm³/mol. The first-order chi connectivity index (χ1) is 9.48. The Balaban J connectivity index is 1.83. The number of anilines is 1. The van der Waals surface area contributed by atoms with Crippen LogP contribution >= 0.6 is 0 Å². The van der Waals surface area contributed by atoms with Crippen LogP contribution in [0.15, 0.2) is 24.3 Å². The molecular weight excluding hydrogens is 252 g/mol. The van der Waals surface area contributed by atoms with Gasteiger partial charge in [0.05, 0.1) is 12.1 Å². The second-order valence-corrected chi connectivity index (χ2v) is 5.88. The van der Waals surface area contributed by atoms with E-state index in [-0.39, 0.29) is 5.91 Å². The molecule has 0 atom stereocenters. The summed E-state index contributed by atoms with van der Waals surface area (Å²) < 4.78 is 0. The van der Waals surface area contributed by atoms with Gasteiger partial charge in [0.2, 0.25) is 5.91 Å². The molecule has 4 nitrogen and oxygen atoms in total. The summed E-state index contributed by atoms with van der Waals surface area (Å²) >= 11 is 0. The topological polar surface area (TPSA) is 52.6 Å². The quantitative estimate of drug-likeness (QED) is 0.885. The molecular formula is C16H24N2O2. The SMILES string of the molecule is CCc1cccc(NC(=O)CN2CCC(C)(O)CC2)c1. The maximum absolute atomic E-state index is 12.0. The number of hydrogen-bond donors (Lipinski definition) is 2. The lowest BCUT2D eigenvalue weighted by Gasteiger charge is -2.35. The maximum atomic E-state index is 12.0. The molecule has 0 bridgehead atoms. The fourth-order valence-corrected chi connectivity index (χ4v) is 2.47. The minimum atomic E-state index is -0.567. The molecule has 1 amide bonds. The normalized spacial score (nSPS) is 18.8. The Morgan fingerprint density at radius 2 is 2.10 bits per heavy atom. The number of amides is 1. The Labute approximate surface area is 120 Å². The molecule has 0 saturated carbocycles. The van der Waals surface area contributed by atoms with Crippen molar-refractivity contribution in [3.63, 3.8) is 0 Å². The summed E-state index contributed by atoms with van der Waals surface area (Å²) in [6.07, 6.45) is 2.42. The highest BCUT2D eigenvalue weighted by molar-refractivity contribution is 5.92. The number of likely N-dealkylation sites (tertiary alicyclic amines) is 1. The second kappa shape index (κ2) is 6.37. The smallest absolute Gasteiger partial charge is 0.238 e. The van der Waals surface area contributed by atoms with Gasteiger partial charge in [0, 0.05) is 18.8 Å². The number of carbonyl (C=O) groups is 1. The molecule has 1 aliphatic heterocycles. The van der Waals surface area contributed by atoms with Crippen molar-refractivity contribution in [1.29, 1.82) is 0 Å². The van der Waals surface area contributed by atoms with E-state index in [1.165, 1.54) is 5.56 Å². The van der Waals surface area contributed by atoms with Gasteiger partial charge in [-0.3, -0.25) is 9.69 Å². The van der Waals surface area contributed by atoms with Gasteiger partial charge in [-0.15, -0.1) is 0 Å². The number of aryl methyl sites for hydroxylation is 1. The minimum absolute atomic E-state index is 0.0137. The van der Waals surface area contributed by atoms with Crippen LogP contribution in [0.5, 0.6) is 0 Å². The fraction of sp³-hybridized carbons (Fsp3) is 0.562. The molecule has 110 valence electrons. The van der Waals surface area contributed by atoms with Gasteiger partial charge in [0.15, 0.2) is 0 Å². The number of aliphatic hydroxyl groups is 1. The third-order valence-corrected chi connectivity index (χ3v) is 3.92. The van der Waals surface area contributed by atoms with Crippen LogP contribution in [0.25, 0.3) is 0 Å². The van der Waals surface area contributed by atoms with Gasteiger partial charge in [-0.1, -0.05) is 19.1 Å². The predicted octanol–water partition coefficient (Wildman–Crippen LogP) is 2.03. The zero-order valence-electron chi connectivity index (χ0n) is 12.4. The van der Waals surface area contributed by atoms with E-state index in [4.69, 9.17) is 0 Å². The lowest BCUT2D eigenvalue weighted by molar-refractivity contribution is -0.118. The number of carbonyl (C=O) groups excluding carboxylic acids is 1. The molecule has 0 unspecified atom stereocenters. The van der Waals surface area contributed by atoms with Crippen molar-refractivity contribution in [3.8, 4) is 0 Å². The van der Waals surface area contributed by atoms with E-state index in [2.05, 4.69) is 23.2 Å². The average molecular weight is 276 g/mol. The Morgan fingerprint density at radius 3 is 2.75 bits per heavy atom.